The number of pyridine rings is 2. The lowest BCUT2D eigenvalue weighted by atomic mass is 10.2. The SMILES string of the molecule is C=Cc1cccc[n+]1/C=C/c1cc[n+](/C=C/n2ccnc2)cc1. The molecular weight excluding hydrogens is 284 g/mol. The Morgan fingerprint density at radius 3 is 2.65 bits per heavy atom. The van der Waals surface area contributed by atoms with Crippen LogP contribution in [0.5, 0.6) is 0 Å². The summed E-state index contributed by atoms with van der Waals surface area (Å²) >= 11 is 0. The largest absolute Gasteiger partial charge is 0.307 e. The maximum atomic E-state index is 4.00. The van der Waals surface area contributed by atoms with E-state index in [4.69, 9.17) is 0 Å². The van der Waals surface area contributed by atoms with Gasteiger partial charge in [-0.15, -0.1) is 0 Å². The molecule has 0 radical (unpaired) electrons. The third-order valence-corrected chi connectivity index (χ3v) is 3.37. The van der Waals surface area contributed by atoms with Crippen molar-refractivity contribution >= 4 is 30.8 Å². The van der Waals surface area contributed by atoms with Gasteiger partial charge in [0, 0.05) is 48.8 Å². The molecule has 0 spiro atoms. The summed E-state index contributed by atoms with van der Waals surface area (Å²) in [6.07, 6.45) is 21.3. The van der Waals surface area contributed by atoms with Crippen molar-refractivity contribution < 1.29 is 9.13 Å². The van der Waals surface area contributed by atoms with Gasteiger partial charge in [-0.05, 0) is 11.6 Å². The number of nitrogens with zero attached hydrogens (tertiary/aromatic N) is 4. The van der Waals surface area contributed by atoms with E-state index < -0.39 is 0 Å². The van der Waals surface area contributed by atoms with Gasteiger partial charge in [0.15, 0.2) is 31.0 Å². The molecule has 0 saturated heterocycles. The van der Waals surface area contributed by atoms with Crippen LogP contribution in [0, 0.1) is 0 Å². The topological polar surface area (TPSA) is 25.6 Å². The van der Waals surface area contributed by atoms with Crippen molar-refractivity contribution in [3.8, 4) is 0 Å². The highest BCUT2D eigenvalue weighted by atomic mass is 15.0. The molecule has 3 aromatic rings. The Morgan fingerprint density at radius 2 is 1.91 bits per heavy atom. The zero-order valence-corrected chi connectivity index (χ0v) is 12.7. The molecular formula is C19H18N4+2. The first-order valence-electron chi connectivity index (χ1n) is 7.32. The van der Waals surface area contributed by atoms with E-state index in [2.05, 4.69) is 29.8 Å². The van der Waals surface area contributed by atoms with Gasteiger partial charge in [0.05, 0.1) is 12.5 Å². The zero-order chi connectivity index (χ0) is 15.9. The fourth-order valence-electron chi connectivity index (χ4n) is 2.12. The number of hydrogen-bond acceptors (Lipinski definition) is 1. The van der Waals surface area contributed by atoms with Crippen LogP contribution in [0.3, 0.4) is 0 Å². The van der Waals surface area contributed by atoms with Gasteiger partial charge in [0.2, 0.25) is 5.69 Å². The van der Waals surface area contributed by atoms with E-state index in [1.165, 1.54) is 0 Å². The van der Waals surface area contributed by atoms with E-state index in [0.29, 0.717) is 0 Å². The smallest absolute Gasteiger partial charge is 0.210 e. The average molecular weight is 302 g/mol. The van der Waals surface area contributed by atoms with Crippen LogP contribution in [0.1, 0.15) is 11.3 Å². The molecule has 23 heavy (non-hydrogen) atoms. The van der Waals surface area contributed by atoms with Crippen LogP contribution in [0.4, 0.5) is 0 Å². The van der Waals surface area contributed by atoms with E-state index in [1.54, 1.807) is 12.5 Å². The summed E-state index contributed by atoms with van der Waals surface area (Å²) < 4.78 is 5.92. The first kappa shape index (κ1) is 14.7. The van der Waals surface area contributed by atoms with E-state index in [9.17, 15) is 0 Å². The maximum Gasteiger partial charge on any atom is 0.210 e. The predicted molar refractivity (Wildman–Crippen MR) is 92.3 cm³/mol. The summed E-state index contributed by atoms with van der Waals surface area (Å²) in [6, 6.07) is 10.1. The fourth-order valence-corrected chi connectivity index (χ4v) is 2.12. The van der Waals surface area contributed by atoms with Gasteiger partial charge in [0.25, 0.3) is 0 Å². The van der Waals surface area contributed by atoms with Crippen molar-refractivity contribution in [3.05, 3.63) is 85.5 Å². The van der Waals surface area contributed by atoms with Crippen molar-refractivity contribution in [2.75, 3.05) is 0 Å². The van der Waals surface area contributed by atoms with Crippen LogP contribution in [0.25, 0.3) is 30.8 Å². The zero-order valence-electron chi connectivity index (χ0n) is 12.7. The van der Waals surface area contributed by atoms with Crippen molar-refractivity contribution in [1.29, 1.82) is 0 Å². The monoisotopic (exact) mass is 302 g/mol. The molecule has 4 nitrogen and oxygen atoms in total. The van der Waals surface area contributed by atoms with E-state index >= 15 is 0 Å². The Hall–Kier alpha value is -3.27. The van der Waals surface area contributed by atoms with E-state index in [-0.39, 0.29) is 0 Å². The third-order valence-electron chi connectivity index (χ3n) is 3.37. The molecule has 0 aromatic carbocycles. The summed E-state index contributed by atoms with van der Waals surface area (Å²) in [6.45, 7) is 3.83. The van der Waals surface area contributed by atoms with Crippen LogP contribution in [-0.2, 0) is 0 Å². The van der Waals surface area contributed by atoms with Crippen LogP contribution in [0.15, 0.2) is 74.2 Å². The minimum absolute atomic E-state index is 1.05. The number of aromatic nitrogens is 4. The van der Waals surface area contributed by atoms with Crippen molar-refractivity contribution in [2.24, 2.45) is 0 Å². The molecule has 3 aromatic heterocycles. The maximum absolute atomic E-state index is 4.00. The Bertz CT molecular complexity index is 828. The van der Waals surface area contributed by atoms with E-state index in [1.807, 2.05) is 81.4 Å². The molecule has 3 rings (SSSR count). The Labute approximate surface area is 135 Å². The summed E-state index contributed by atoms with van der Waals surface area (Å²) in [5, 5.41) is 0. The molecule has 4 heteroatoms. The molecule has 0 bridgehead atoms. The molecule has 0 aliphatic carbocycles. The second-order valence-corrected chi connectivity index (χ2v) is 4.94. The lowest BCUT2D eigenvalue weighted by molar-refractivity contribution is -0.569. The number of hydrogen-bond donors (Lipinski definition) is 0. The molecule has 0 aliphatic rings. The first-order valence-corrected chi connectivity index (χ1v) is 7.32. The molecule has 3 heterocycles. The number of imidazole rings is 1. The molecule has 112 valence electrons. The van der Waals surface area contributed by atoms with Gasteiger partial charge in [-0.25, -0.2) is 4.98 Å². The van der Waals surface area contributed by atoms with Crippen LogP contribution < -0.4 is 9.13 Å². The standard InChI is InChI=1S/C19H18N4/c1-2-19-5-3-4-10-23(19)13-8-18-6-11-21(12-7-18)15-16-22-14-9-20-17-22/h2-17H,1H2/q+2/b13-8+,16-15+. The third kappa shape index (κ3) is 3.89. The highest BCUT2D eigenvalue weighted by Crippen LogP contribution is 2.00. The van der Waals surface area contributed by atoms with Gasteiger partial charge >= 0.3 is 0 Å². The fraction of sp³-hybridized carbons (Fsp3) is 0. The second-order valence-electron chi connectivity index (χ2n) is 4.94. The summed E-state index contributed by atoms with van der Waals surface area (Å²) in [5.74, 6) is 0. The van der Waals surface area contributed by atoms with Gasteiger partial charge in [-0.1, -0.05) is 6.58 Å². The normalized spacial score (nSPS) is 11.3. The summed E-state index contributed by atoms with van der Waals surface area (Å²) in [7, 11) is 0. The van der Waals surface area contributed by atoms with Crippen LogP contribution in [0.2, 0.25) is 0 Å². The predicted octanol–water partition coefficient (Wildman–Crippen LogP) is 2.81. The molecule has 0 N–H and O–H groups in total. The Morgan fingerprint density at radius 1 is 1.04 bits per heavy atom. The second kappa shape index (κ2) is 7.13. The van der Waals surface area contributed by atoms with Gasteiger partial charge in [-0.2, -0.15) is 9.13 Å². The average Bonchev–Trinajstić information content (AvgIpc) is 3.13. The van der Waals surface area contributed by atoms with Gasteiger partial charge in [-0.3, -0.25) is 0 Å². The molecule has 0 unspecified atom stereocenters. The summed E-state index contributed by atoms with van der Waals surface area (Å²) in [5.41, 5.74) is 2.18. The molecule has 0 fully saturated rings. The minimum Gasteiger partial charge on any atom is -0.307 e. The Kier molecular flexibility index (Phi) is 4.55. The molecule has 0 saturated carbocycles. The number of rotatable bonds is 5. The van der Waals surface area contributed by atoms with Gasteiger partial charge in [0.1, 0.15) is 0 Å². The van der Waals surface area contributed by atoms with Crippen molar-refractivity contribution in [3.63, 3.8) is 0 Å². The minimum atomic E-state index is 1.05. The lowest BCUT2D eigenvalue weighted by Crippen LogP contribution is -2.28. The first-order chi connectivity index (χ1) is 11.3. The van der Waals surface area contributed by atoms with Crippen LogP contribution in [-0.4, -0.2) is 9.55 Å². The molecule has 0 amide bonds. The quantitative estimate of drug-likeness (QED) is 0.665. The summed E-state index contributed by atoms with van der Waals surface area (Å²) in [4.78, 5) is 4.00. The highest BCUT2D eigenvalue weighted by Gasteiger charge is 2.02. The molecule has 0 atom stereocenters. The van der Waals surface area contributed by atoms with Crippen LogP contribution >= 0.6 is 0 Å². The lowest BCUT2D eigenvalue weighted by Gasteiger charge is -1.94. The van der Waals surface area contributed by atoms with Crippen molar-refractivity contribution in [2.45, 2.75) is 0 Å². The molecule has 0 aliphatic heterocycles. The highest BCUT2D eigenvalue weighted by molar-refractivity contribution is 5.56. The van der Waals surface area contributed by atoms with E-state index in [0.717, 1.165) is 11.3 Å². The van der Waals surface area contributed by atoms with Crippen molar-refractivity contribution in [1.82, 2.24) is 9.55 Å². The van der Waals surface area contributed by atoms with Gasteiger partial charge < -0.3 is 4.57 Å². The Balaban J connectivity index is 1.72.